The fraction of sp³-hybridized carbons (Fsp3) is 0.533. The Hall–Kier alpha value is -1.62. The van der Waals surface area contributed by atoms with E-state index >= 15 is 0 Å². The topological polar surface area (TPSA) is 50.4 Å². The molecule has 2 rings (SSSR count). The fourth-order valence-electron chi connectivity index (χ4n) is 2.47. The molecule has 0 aliphatic carbocycles. The summed E-state index contributed by atoms with van der Waals surface area (Å²) in [4.78, 5) is 11.8. The third-order valence-corrected chi connectivity index (χ3v) is 3.61. The molecule has 1 aliphatic rings. The number of anilines is 1. The van der Waals surface area contributed by atoms with Gasteiger partial charge < -0.3 is 15.4 Å². The molecule has 20 heavy (non-hydrogen) atoms. The normalized spacial score (nSPS) is 18.6. The highest BCUT2D eigenvalue weighted by Crippen LogP contribution is 2.21. The largest absolute Gasteiger partial charge is 0.494 e. The molecule has 0 bridgehead atoms. The van der Waals surface area contributed by atoms with Crippen molar-refractivity contribution in [2.24, 2.45) is 5.92 Å². The zero-order chi connectivity index (χ0) is 14.4. The molecule has 5 heteroatoms. The second-order valence-corrected chi connectivity index (χ2v) is 5.15. The number of hydrogen-bond acceptors (Lipinski definition) is 3. The van der Waals surface area contributed by atoms with Crippen LogP contribution in [0, 0.1) is 11.7 Å². The lowest BCUT2D eigenvalue weighted by Gasteiger charge is -2.22. The number of halogens is 1. The van der Waals surface area contributed by atoms with Gasteiger partial charge in [0, 0.05) is 18.2 Å². The SMILES string of the molecule is COc1ccc(NC(=O)CCC2CCCNC2)cc1F. The van der Waals surface area contributed by atoms with E-state index in [9.17, 15) is 9.18 Å². The van der Waals surface area contributed by atoms with Gasteiger partial charge >= 0.3 is 0 Å². The summed E-state index contributed by atoms with van der Waals surface area (Å²) < 4.78 is 18.3. The van der Waals surface area contributed by atoms with Crippen molar-refractivity contribution >= 4 is 11.6 Å². The summed E-state index contributed by atoms with van der Waals surface area (Å²) in [5.41, 5.74) is 0.468. The summed E-state index contributed by atoms with van der Waals surface area (Å²) in [7, 11) is 1.41. The molecule has 0 saturated carbocycles. The lowest BCUT2D eigenvalue weighted by atomic mass is 9.94. The molecule has 0 radical (unpaired) electrons. The average Bonchev–Trinajstić information content (AvgIpc) is 2.46. The van der Waals surface area contributed by atoms with Crippen LogP contribution in [0.5, 0.6) is 5.75 Å². The minimum absolute atomic E-state index is 0.0693. The molecule has 1 unspecified atom stereocenters. The number of rotatable bonds is 5. The van der Waals surface area contributed by atoms with Crippen LogP contribution in [-0.2, 0) is 4.79 Å². The molecule has 110 valence electrons. The zero-order valence-corrected chi connectivity index (χ0v) is 11.7. The van der Waals surface area contributed by atoms with E-state index in [-0.39, 0.29) is 11.7 Å². The van der Waals surface area contributed by atoms with E-state index < -0.39 is 5.82 Å². The highest BCUT2D eigenvalue weighted by Gasteiger charge is 2.14. The molecule has 1 heterocycles. The summed E-state index contributed by atoms with van der Waals surface area (Å²) in [6.45, 7) is 2.07. The molecular formula is C15H21FN2O2. The first kappa shape index (κ1) is 14.8. The van der Waals surface area contributed by atoms with Gasteiger partial charge in [-0.3, -0.25) is 4.79 Å². The Morgan fingerprint density at radius 2 is 2.40 bits per heavy atom. The Balaban J connectivity index is 1.80. The van der Waals surface area contributed by atoms with Gasteiger partial charge in [-0.25, -0.2) is 4.39 Å². The van der Waals surface area contributed by atoms with Crippen LogP contribution in [-0.4, -0.2) is 26.1 Å². The minimum Gasteiger partial charge on any atom is -0.494 e. The van der Waals surface area contributed by atoms with Gasteiger partial charge in [0.1, 0.15) is 0 Å². The van der Waals surface area contributed by atoms with Crippen molar-refractivity contribution in [2.75, 3.05) is 25.5 Å². The summed E-state index contributed by atoms with van der Waals surface area (Å²) >= 11 is 0. The summed E-state index contributed by atoms with van der Waals surface area (Å²) in [5, 5.41) is 6.05. The summed E-state index contributed by atoms with van der Waals surface area (Å²) in [6.07, 6.45) is 3.70. The van der Waals surface area contributed by atoms with Crippen LogP contribution in [0.2, 0.25) is 0 Å². The minimum atomic E-state index is -0.471. The van der Waals surface area contributed by atoms with Crippen LogP contribution in [0.25, 0.3) is 0 Å². The van der Waals surface area contributed by atoms with Gasteiger partial charge in [-0.15, -0.1) is 0 Å². The van der Waals surface area contributed by atoms with Gasteiger partial charge in [-0.1, -0.05) is 0 Å². The van der Waals surface area contributed by atoms with Crippen LogP contribution < -0.4 is 15.4 Å². The monoisotopic (exact) mass is 280 g/mol. The van der Waals surface area contributed by atoms with E-state index in [1.165, 1.54) is 32.1 Å². The molecular weight excluding hydrogens is 259 g/mol. The Kier molecular flexibility index (Phi) is 5.35. The van der Waals surface area contributed by atoms with E-state index in [1.54, 1.807) is 6.07 Å². The second kappa shape index (κ2) is 7.24. The first-order valence-corrected chi connectivity index (χ1v) is 7.03. The van der Waals surface area contributed by atoms with Crippen LogP contribution in [0.15, 0.2) is 18.2 Å². The molecule has 0 spiro atoms. The van der Waals surface area contributed by atoms with Crippen LogP contribution >= 0.6 is 0 Å². The number of methoxy groups -OCH3 is 1. The van der Waals surface area contributed by atoms with E-state index in [1.807, 2.05) is 0 Å². The Labute approximate surface area is 118 Å². The Morgan fingerprint density at radius 1 is 1.55 bits per heavy atom. The maximum Gasteiger partial charge on any atom is 0.224 e. The molecule has 0 aromatic heterocycles. The van der Waals surface area contributed by atoms with E-state index in [2.05, 4.69) is 10.6 Å². The lowest BCUT2D eigenvalue weighted by Crippen LogP contribution is -2.30. The Bertz CT molecular complexity index is 459. The predicted molar refractivity (Wildman–Crippen MR) is 76.4 cm³/mol. The van der Waals surface area contributed by atoms with Gasteiger partial charge in [-0.2, -0.15) is 0 Å². The molecule has 1 aromatic carbocycles. The van der Waals surface area contributed by atoms with Crippen LogP contribution in [0.4, 0.5) is 10.1 Å². The number of carbonyl (C=O) groups excluding carboxylic acids is 1. The van der Waals surface area contributed by atoms with Gasteiger partial charge in [0.05, 0.1) is 7.11 Å². The number of amides is 1. The van der Waals surface area contributed by atoms with Crippen molar-refractivity contribution in [1.82, 2.24) is 5.32 Å². The highest BCUT2D eigenvalue weighted by molar-refractivity contribution is 5.90. The number of hydrogen-bond donors (Lipinski definition) is 2. The second-order valence-electron chi connectivity index (χ2n) is 5.15. The number of piperidine rings is 1. The molecule has 2 N–H and O–H groups in total. The van der Waals surface area contributed by atoms with E-state index in [0.29, 0.717) is 18.0 Å². The van der Waals surface area contributed by atoms with E-state index in [0.717, 1.165) is 19.5 Å². The zero-order valence-electron chi connectivity index (χ0n) is 11.7. The molecule has 1 aliphatic heterocycles. The number of ether oxygens (including phenoxy) is 1. The van der Waals surface area contributed by atoms with Crippen molar-refractivity contribution in [3.05, 3.63) is 24.0 Å². The van der Waals surface area contributed by atoms with Crippen molar-refractivity contribution in [3.63, 3.8) is 0 Å². The maximum atomic E-state index is 13.5. The van der Waals surface area contributed by atoms with Gasteiger partial charge in [0.2, 0.25) is 5.91 Å². The molecule has 1 amide bonds. The first-order chi connectivity index (χ1) is 9.69. The average molecular weight is 280 g/mol. The van der Waals surface area contributed by atoms with Crippen molar-refractivity contribution in [2.45, 2.75) is 25.7 Å². The first-order valence-electron chi connectivity index (χ1n) is 7.03. The standard InChI is InChI=1S/C15H21FN2O2/c1-20-14-6-5-12(9-13(14)16)18-15(19)7-4-11-3-2-8-17-10-11/h5-6,9,11,17H,2-4,7-8,10H2,1H3,(H,18,19). The summed E-state index contributed by atoms with van der Waals surface area (Å²) in [5.74, 6) is 0.209. The van der Waals surface area contributed by atoms with E-state index in [4.69, 9.17) is 4.74 Å². The number of benzene rings is 1. The third-order valence-electron chi connectivity index (χ3n) is 3.61. The molecule has 1 atom stereocenters. The number of nitrogens with one attached hydrogen (secondary N) is 2. The predicted octanol–water partition coefficient (Wildman–Crippen LogP) is 2.55. The fourth-order valence-corrected chi connectivity index (χ4v) is 2.47. The van der Waals surface area contributed by atoms with Crippen molar-refractivity contribution in [3.8, 4) is 5.75 Å². The molecule has 1 saturated heterocycles. The van der Waals surface area contributed by atoms with Crippen LogP contribution in [0.3, 0.4) is 0 Å². The lowest BCUT2D eigenvalue weighted by molar-refractivity contribution is -0.116. The molecule has 4 nitrogen and oxygen atoms in total. The Morgan fingerprint density at radius 3 is 3.05 bits per heavy atom. The maximum absolute atomic E-state index is 13.5. The number of carbonyl (C=O) groups is 1. The quantitative estimate of drug-likeness (QED) is 0.871. The third kappa shape index (κ3) is 4.20. The van der Waals surface area contributed by atoms with Crippen LogP contribution in [0.1, 0.15) is 25.7 Å². The highest BCUT2D eigenvalue weighted by atomic mass is 19.1. The van der Waals surface area contributed by atoms with Gasteiger partial charge in [0.25, 0.3) is 0 Å². The van der Waals surface area contributed by atoms with Gasteiger partial charge in [0.15, 0.2) is 11.6 Å². The van der Waals surface area contributed by atoms with Gasteiger partial charge in [-0.05, 0) is 50.4 Å². The molecule has 1 aromatic rings. The van der Waals surface area contributed by atoms with Crippen molar-refractivity contribution in [1.29, 1.82) is 0 Å². The molecule has 1 fully saturated rings. The van der Waals surface area contributed by atoms with Crippen molar-refractivity contribution < 1.29 is 13.9 Å². The summed E-state index contributed by atoms with van der Waals surface area (Å²) in [6, 6.07) is 4.43. The smallest absolute Gasteiger partial charge is 0.224 e.